The third-order valence-corrected chi connectivity index (χ3v) is 4.69. The Morgan fingerprint density at radius 1 is 1.12 bits per heavy atom. The highest BCUT2D eigenvalue weighted by atomic mass is 32.1. The Morgan fingerprint density at radius 3 is 2.24 bits per heavy atom. The van der Waals surface area contributed by atoms with E-state index >= 15 is 0 Å². The molecule has 3 aliphatic rings. The molecule has 2 amide bonds. The number of carbonyl (C=O) groups is 1. The average molecular weight is 255 g/mol. The number of amides is 2. The molecule has 0 aromatic carbocycles. The van der Waals surface area contributed by atoms with Gasteiger partial charge in [-0.05, 0) is 25.2 Å². The van der Waals surface area contributed by atoms with Crippen molar-refractivity contribution in [1.29, 1.82) is 0 Å². The highest BCUT2D eigenvalue weighted by Gasteiger charge is 2.47. The number of hydrogen-bond acceptors (Lipinski definition) is 3. The fraction of sp³-hybridized carbons (Fsp3) is 0.917. The van der Waals surface area contributed by atoms with Gasteiger partial charge >= 0.3 is 6.03 Å². The van der Waals surface area contributed by atoms with Crippen molar-refractivity contribution in [3.05, 3.63) is 0 Å². The lowest BCUT2D eigenvalue weighted by molar-refractivity contribution is 0.113. The van der Waals surface area contributed by atoms with Gasteiger partial charge in [-0.2, -0.15) is 12.6 Å². The third-order valence-electron chi connectivity index (χ3n) is 4.36. The molecule has 3 fully saturated rings. The molecule has 2 heterocycles. The lowest BCUT2D eigenvalue weighted by atomic mass is 10.3. The molecular weight excluding hydrogens is 234 g/mol. The largest absolute Gasteiger partial charge is 0.324 e. The van der Waals surface area contributed by atoms with Gasteiger partial charge in [0.15, 0.2) is 0 Å². The van der Waals surface area contributed by atoms with Crippen LogP contribution in [0.1, 0.15) is 13.3 Å². The highest BCUT2D eigenvalue weighted by molar-refractivity contribution is 7.80. The monoisotopic (exact) mass is 255 g/mol. The number of fused-ring (bicyclic) bond motifs is 1. The first-order valence-electron chi connectivity index (χ1n) is 6.61. The van der Waals surface area contributed by atoms with E-state index in [0.717, 1.165) is 51.1 Å². The Labute approximate surface area is 108 Å². The Kier molecular flexibility index (Phi) is 2.99. The summed E-state index contributed by atoms with van der Waals surface area (Å²) in [4.78, 5) is 18.6. The minimum atomic E-state index is 0.267. The van der Waals surface area contributed by atoms with Crippen LogP contribution in [-0.2, 0) is 0 Å². The average Bonchev–Trinajstić information content (AvgIpc) is 2.95. The molecule has 0 spiro atoms. The van der Waals surface area contributed by atoms with Gasteiger partial charge in [0.25, 0.3) is 0 Å². The van der Waals surface area contributed by atoms with Crippen LogP contribution >= 0.6 is 12.6 Å². The van der Waals surface area contributed by atoms with E-state index in [-0.39, 0.29) is 6.03 Å². The fourth-order valence-corrected chi connectivity index (χ4v) is 3.27. The van der Waals surface area contributed by atoms with Gasteiger partial charge in [-0.25, -0.2) is 4.79 Å². The minimum absolute atomic E-state index is 0.267. The molecule has 5 heteroatoms. The summed E-state index contributed by atoms with van der Waals surface area (Å²) in [5, 5.41) is 0.298. The SMILES string of the molecule is CC(S)N1CCN(C(=O)N2CC3CC3C2)CC1. The van der Waals surface area contributed by atoms with Crippen LogP contribution in [0, 0.1) is 11.8 Å². The predicted molar refractivity (Wildman–Crippen MR) is 70.2 cm³/mol. The Balaban J connectivity index is 1.50. The highest BCUT2D eigenvalue weighted by Crippen LogP contribution is 2.45. The summed E-state index contributed by atoms with van der Waals surface area (Å²) in [5.74, 6) is 1.66. The molecule has 17 heavy (non-hydrogen) atoms. The Morgan fingerprint density at radius 2 is 1.71 bits per heavy atom. The molecule has 0 aromatic heterocycles. The van der Waals surface area contributed by atoms with Crippen LogP contribution in [0.3, 0.4) is 0 Å². The van der Waals surface area contributed by atoms with Gasteiger partial charge < -0.3 is 9.80 Å². The quantitative estimate of drug-likeness (QED) is 0.706. The molecule has 0 radical (unpaired) electrons. The van der Waals surface area contributed by atoms with Gasteiger partial charge in [0.05, 0.1) is 5.37 Å². The molecule has 3 atom stereocenters. The van der Waals surface area contributed by atoms with E-state index in [1.807, 2.05) is 4.90 Å². The fourth-order valence-electron chi connectivity index (χ4n) is 3.04. The van der Waals surface area contributed by atoms with Gasteiger partial charge in [0.1, 0.15) is 0 Å². The molecule has 4 nitrogen and oxygen atoms in total. The second kappa shape index (κ2) is 4.35. The summed E-state index contributed by atoms with van der Waals surface area (Å²) in [7, 11) is 0. The zero-order chi connectivity index (χ0) is 12.0. The number of rotatable bonds is 1. The van der Waals surface area contributed by atoms with Crippen LogP contribution in [0.25, 0.3) is 0 Å². The zero-order valence-corrected chi connectivity index (χ0v) is 11.3. The second-order valence-electron chi connectivity index (χ2n) is 5.60. The summed E-state index contributed by atoms with van der Waals surface area (Å²) in [6.07, 6.45) is 1.36. The van der Waals surface area contributed by atoms with E-state index < -0.39 is 0 Å². The molecule has 2 saturated heterocycles. The molecule has 1 saturated carbocycles. The van der Waals surface area contributed by atoms with E-state index in [1.54, 1.807) is 0 Å². The summed E-state index contributed by atoms with van der Waals surface area (Å²) >= 11 is 4.44. The van der Waals surface area contributed by atoms with Gasteiger partial charge in [0.2, 0.25) is 0 Å². The van der Waals surface area contributed by atoms with Gasteiger partial charge in [-0.1, -0.05) is 0 Å². The molecule has 1 aliphatic carbocycles. The smallest absolute Gasteiger partial charge is 0.320 e. The zero-order valence-electron chi connectivity index (χ0n) is 10.4. The predicted octanol–water partition coefficient (Wildman–Crippen LogP) is 0.952. The summed E-state index contributed by atoms with van der Waals surface area (Å²) in [6.45, 7) is 7.73. The van der Waals surface area contributed by atoms with Gasteiger partial charge in [0, 0.05) is 39.3 Å². The number of piperidine rings is 1. The molecule has 0 aromatic rings. The lowest BCUT2D eigenvalue weighted by Crippen LogP contribution is -2.53. The van der Waals surface area contributed by atoms with E-state index in [4.69, 9.17) is 0 Å². The van der Waals surface area contributed by atoms with Crippen LogP contribution in [0.4, 0.5) is 4.79 Å². The number of hydrogen-bond donors (Lipinski definition) is 1. The lowest BCUT2D eigenvalue weighted by Gasteiger charge is -2.38. The number of carbonyl (C=O) groups excluding carboxylic acids is 1. The first-order chi connectivity index (χ1) is 8.15. The van der Waals surface area contributed by atoms with Crippen LogP contribution in [-0.4, -0.2) is 65.4 Å². The topological polar surface area (TPSA) is 26.8 Å². The van der Waals surface area contributed by atoms with Crippen molar-refractivity contribution >= 4 is 18.7 Å². The number of piperazine rings is 1. The molecule has 0 N–H and O–H groups in total. The minimum Gasteiger partial charge on any atom is -0.324 e. The van der Waals surface area contributed by atoms with E-state index in [2.05, 4.69) is 29.4 Å². The van der Waals surface area contributed by atoms with Gasteiger partial charge in [-0.15, -0.1) is 0 Å². The molecule has 2 aliphatic heterocycles. The van der Waals surface area contributed by atoms with E-state index in [0.29, 0.717) is 5.37 Å². The number of urea groups is 1. The first kappa shape index (κ1) is 11.7. The molecule has 3 unspecified atom stereocenters. The van der Waals surface area contributed by atoms with Crippen molar-refractivity contribution < 1.29 is 4.79 Å². The standard InChI is InChI=1S/C12H21N3OS/c1-9(17)13-2-4-14(5-3-13)12(16)15-7-10-6-11(10)8-15/h9-11,17H,2-8H2,1H3. The number of nitrogens with zero attached hydrogens (tertiary/aromatic N) is 3. The second-order valence-corrected chi connectivity index (χ2v) is 6.35. The molecule has 0 bridgehead atoms. The van der Waals surface area contributed by atoms with Crippen molar-refractivity contribution in [3.63, 3.8) is 0 Å². The third kappa shape index (κ3) is 2.27. The van der Waals surface area contributed by atoms with Gasteiger partial charge in [-0.3, -0.25) is 4.90 Å². The maximum atomic E-state index is 12.3. The maximum absolute atomic E-state index is 12.3. The molecular formula is C12H21N3OS. The van der Waals surface area contributed by atoms with Crippen molar-refractivity contribution in [2.24, 2.45) is 11.8 Å². The van der Waals surface area contributed by atoms with Crippen LogP contribution in [0.5, 0.6) is 0 Å². The first-order valence-corrected chi connectivity index (χ1v) is 7.13. The van der Waals surface area contributed by atoms with Crippen LogP contribution < -0.4 is 0 Å². The number of likely N-dealkylation sites (tertiary alicyclic amines) is 1. The summed E-state index contributed by atoms with van der Waals surface area (Å²) in [5.41, 5.74) is 0. The van der Waals surface area contributed by atoms with Crippen molar-refractivity contribution in [2.75, 3.05) is 39.3 Å². The Bertz CT molecular complexity index is 305. The maximum Gasteiger partial charge on any atom is 0.320 e. The van der Waals surface area contributed by atoms with Crippen molar-refractivity contribution in [1.82, 2.24) is 14.7 Å². The van der Waals surface area contributed by atoms with Crippen molar-refractivity contribution in [3.8, 4) is 0 Å². The van der Waals surface area contributed by atoms with Crippen LogP contribution in [0.2, 0.25) is 0 Å². The normalized spacial score (nSPS) is 34.7. The van der Waals surface area contributed by atoms with Crippen LogP contribution in [0.15, 0.2) is 0 Å². The van der Waals surface area contributed by atoms with Crippen molar-refractivity contribution in [2.45, 2.75) is 18.7 Å². The number of thiol groups is 1. The molecule has 3 rings (SSSR count). The van der Waals surface area contributed by atoms with E-state index in [1.165, 1.54) is 6.42 Å². The summed E-state index contributed by atoms with van der Waals surface area (Å²) < 4.78 is 0. The van der Waals surface area contributed by atoms with E-state index in [9.17, 15) is 4.79 Å². The summed E-state index contributed by atoms with van der Waals surface area (Å²) in [6, 6.07) is 0.267. The molecule has 96 valence electrons. The Hall–Kier alpha value is -0.420.